The van der Waals surface area contributed by atoms with E-state index in [0.717, 1.165) is 5.56 Å². The Morgan fingerprint density at radius 2 is 2.00 bits per heavy atom. The first kappa shape index (κ1) is 15.9. The van der Waals surface area contributed by atoms with E-state index in [1.807, 2.05) is 13.8 Å². The van der Waals surface area contributed by atoms with Gasteiger partial charge in [-0.25, -0.2) is 0 Å². The summed E-state index contributed by atoms with van der Waals surface area (Å²) in [6.45, 7) is 3.75. The van der Waals surface area contributed by atoms with Crippen molar-refractivity contribution >= 4 is 29.3 Å². The van der Waals surface area contributed by atoms with Crippen molar-refractivity contribution in [3.8, 4) is 11.5 Å². The van der Waals surface area contributed by atoms with Crippen LogP contribution >= 0.6 is 23.4 Å². The normalized spacial score (nSPS) is 12.6. The van der Waals surface area contributed by atoms with Crippen LogP contribution in [0.3, 0.4) is 0 Å². The fraction of sp³-hybridized carbons (Fsp3) is 0.357. The zero-order valence-electron chi connectivity index (χ0n) is 11.6. The zero-order chi connectivity index (χ0) is 15.4. The highest BCUT2D eigenvalue weighted by Crippen LogP contribution is 2.26. The second kappa shape index (κ2) is 6.95. The van der Waals surface area contributed by atoms with Gasteiger partial charge in [-0.3, -0.25) is 4.79 Å². The van der Waals surface area contributed by atoms with Gasteiger partial charge in [0.05, 0.1) is 5.75 Å². The monoisotopic (exact) mass is 326 g/mol. The molecule has 5 nitrogen and oxygen atoms in total. The van der Waals surface area contributed by atoms with Gasteiger partial charge in [0, 0.05) is 10.6 Å². The summed E-state index contributed by atoms with van der Waals surface area (Å²) in [6.07, 6.45) is 0. The first-order valence-electron chi connectivity index (χ1n) is 6.40. The van der Waals surface area contributed by atoms with Crippen molar-refractivity contribution in [1.82, 2.24) is 10.2 Å². The Hall–Kier alpha value is -1.53. The van der Waals surface area contributed by atoms with Crippen molar-refractivity contribution in [2.24, 2.45) is 5.92 Å². The number of benzene rings is 1. The maximum Gasteiger partial charge on any atom is 0.316 e. The molecular formula is C14H15ClN2O3S. The average Bonchev–Trinajstić information content (AvgIpc) is 2.87. The number of halogens is 1. The molecule has 0 aliphatic heterocycles. The van der Waals surface area contributed by atoms with E-state index in [1.54, 1.807) is 24.3 Å². The highest BCUT2D eigenvalue weighted by molar-refractivity contribution is 7.99. The lowest BCUT2D eigenvalue weighted by Crippen LogP contribution is -2.22. The van der Waals surface area contributed by atoms with Crippen molar-refractivity contribution < 1.29 is 14.3 Å². The van der Waals surface area contributed by atoms with Crippen molar-refractivity contribution in [2.45, 2.75) is 24.9 Å². The minimum absolute atomic E-state index is 0.0335. The van der Waals surface area contributed by atoms with E-state index in [9.17, 15) is 4.79 Å². The molecule has 1 heterocycles. The number of carboxylic acids is 1. The van der Waals surface area contributed by atoms with Crippen LogP contribution in [0, 0.1) is 5.92 Å². The van der Waals surface area contributed by atoms with Gasteiger partial charge >= 0.3 is 5.97 Å². The molecule has 2 aromatic rings. The molecule has 2 rings (SSSR count). The lowest BCUT2D eigenvalue weighted by atomic mass is 10.1. The van der Waals surface area contributed by atoms with Crippen LogP contribution in [0.2, 0.25) is 5.02 Å². The summed E-state index contributed by atoms with van der Waals surface area (Å²) in [4.78, 5) is 11.1. The number of carbonyl (C=O) groups is 1. The summed E-state index contributed by atoms with van der Waals surface area (Å²) >= 11 is 7.11. The number of hydrogen-bond donors (Lipinski definition) is 1. The largest absolute Gasteiger partial charge is 0.480 e. The fourth-order valence-corrected chi connectivity index (χ4v) is 2.82. The van der Waals surface area contributed by atoms with Crippen LogP contribution in [0.15, 0.2) is 28.7 Å². The van der Waals surface area contributed by atoms with Gasteiger partial charge in [-0.1, -0.05) is 25.4 Å². The Morgan fingerprint density at radius 3 is 2.57 bits per heavy atom. The number of aliphatic carboxylic acids is 1. The Bertz CT molecular complexity index is 613. The summed E-state index contributed by atoms with van der Waals surface area (Å²) in [5.41, 5.74) is 0.779. The molecule has 1 unspecified atom stereocenters. The predicted molar refractivity (Wildman–Crippen MR) is 82.3 cm³/mol. The third kappa shape index (κ3) is 4.22. The number of nitrogens with zero attached hydrogens (tertiary/aromatic N) is 2. The topological polar surface area (TPSA) is 76.2 Å². The van der Waals surface area contributed by atoms with E-state index in [1.165, 1.54) is 11.8 Å². The summed E-state index contributed by atoms with van der Waals surface area (Å²) in [7, 11) is 0. The van der Waals surface area contributed by atoms with E-state index < -0.39 is 11.2 Å². The van der Waals surface area contributed by atoms with Gasteiger partial charge in [0.25, 0.3) is 0 Å². The van der Waals surface area contributed by atoms with Gasteiger partial charge in [0.1, 0.15) is 5.25 Å². The highest BCUT2D eigenvalue weighted by atomic mass is 35.5. The van der Waals surface area contributed by atoms with E-state index in [2.05, 4.69) is 10.2 Å². The number of aromatic nitrogens is 2. The molecule has 112 valence electrons. The quantitative estimate of drug-likeness (QED) is 0.871. The lowest BCUT2D eigenvalue weighted by molar-refractivity contribution is -0.137. The van der Waals surface area contributed by atoms with Crippen LogP contribution in [-0.2, 0) is 10.5 Å². The molecule has 0 aliphatic rings. The molecule has 1 aromatic heterocycles. The van der Waals surface area contributed by atoms with Gasteiger partial charge in [-0.15, -0.1) is 22.0 Å². The number of carboxylic acid groups (broad SMARTS) is 1. The molecule has 1 aromatic carbocycles. The highest BCUT2D eigenvalue weighted by Gasteiger charge is 2.23. The van der Waals surface area contributed by atoms with E-state index in [-0.39, 0.29) is 5.92 Å². The fourth-order valence-electron chi connectivity index (χ4n) is 1.73. The average molecular weight is 327 g/mol. The number of hydrogen-bond acceptors (Lipinski definition) is 5. The molecule has 0 saturated heterocycles. The SMILES string of the molecule is CC(C)C(SCc1nnc(-c2ccc(Cl)cc2)o1)C(=O)O. The minimum Gasteiger partial charge on any atom is -0.480 e. The predicted octanol–water partition coefficient (Wildman–Crippen LogP) is 3.73. The van der Waals surface area contributed by atoms with Gasteiger partial charge in [0.15, 0.2) is 0 Å². The Labute approximate surface area is 131 Å². The molecule has 7 heteroatoms. The third-order valence-electron chi connectivity index (χ3n) is 2.79. The van der Waals surface area contributed by atoms with Crippen LogP contribution in [0.4, 0.5) is 0 Å². The molecule has 0 bridgehead atoms. The van der Waals surface area contributed by atoms with E-state index in [4.69, 9.17) is 21.1 Å². The molecule has 0 fully saturated rings. The van der Waals surface area contributed by atoms with Crippen molar-refractivity contribution in [3.05, 3.63) is 35.2 Å². The van der Waals surface area contributed by atoms with Crippen LogP contribution in [0.25, 0.3) is 11.5 Å². The van der Waals surface area contributed by atoms with Crippen molar-refractivity contribution in [2.75, 3.05) is 0 Å². The molecular weight excluding hydrogens is 312 g/mol. The summed E-state index contributed by atoms with van der Waals surface area (Å²) < 4.78 is 5.54. The Balaban J connectivity index is 2.03. The van der Waals surface area contributed by atoms with Gasteiger partial charge in [-0.2, -0.15) is 0 Å². The molecule has 0 amide bonds. The lowest BCUT2D eigenvalue weighted by Gasteiger charge is -2.13. The minimum atomic E-state index is -0.826. The van der Waals surface area contributed by atoms with Crippen LogP contribution in [0.1, 0.15) is 19.7 Å². The van der Waals surface area contributed by atoms with Crippen LogP contribution in [-0.4, -0.2) is 26.5 Å². The first-order chi connectivity index (χ1) is 9.97. The molecule has 1 atom stereocenters. The van der Waals surface area contributed by atoms with Crippen LogP contribution < -0.4 is 0 Å². The first-order valence-corrected chi connectivity index (χ1v) is 7.82. The summed E-state index contributed by atoms with van der Waals surface area (Å²) in [6, 6.07) is 7.07. The van der Waals surface area contributed by atoms with Crippen LogP contribution in [0.5, 0.6) is 0 Å². The second-order valence-electron chi connectivity index (χ2n) is 4.82. The standard InChI is InChI=1S/C14H15ClN2O3S/c1-8(2)12(14(18)19)21-7-11-16-17-13(20-11)9-3-5-10(15)6-4-9/h3-6,8,12H,7H2,1-2H3,(H,18,19). The van der Waals surface area contributed by atoms with Gasteiger partial charge in [-0.05, 0) is 30.2 Å². The summed E-state index contributed by atoms with van der Waals surface area (Å²) in [5, 5.41) is 17.2. The zero-order valence-corrected chi connectivity index (χ0v) is 13.2. The molecule has 0 saturated carbocycles. The molecule has 0 aliphatic carbocycles. The molecule has 0 spiro atoms. The Morgan fingerprint density at radius 1 is 1.33 bits per heavy atom. The number of thioether (sulfide) groups is 1. The molecule has 21 heavy (non-hydrogen) atoms. The third-order valence-corrected chi connectivity index (χ3v) is 4.56. The maximum atomic E-state index is 11.1. The van der Waals surface area contributed by atoms with Gasteiger partial charge in [0.2, 0.25) is 11.8 Å². The van der Waals surface area contributed by atoms with Crippen molar-refractivity contribution in [3.63, 3.8) is 0 Å². The summed E-state index contributed by atoms with van der Waals surface area (Å²) in [5.74, 6) is 0.393. The van der Waals surface area contributed by atoms with Crippen molar-refractivity contribution in [1.29, 1.82) is 0 Å². The second-order valence-corrected chi connectivity index (χ2v) is 6.39. The number of rotatable bonds is 6. The van der Waals surface area contributed by atoms with E-state index >= 15 is 0 Å². The molecule has 1 N–H and O–H groups in total. The Kier molecular flexibility index (Phi) is 5.25. The smallest absolute Gasteiger partial charge is 0.316 e. The van der Waals surface area contributed by atoms with E-state index in [0.29, 0.717) is 22.6 Å². The maximum absolute atomic E-state index is 11.1. The van der Waals surface area contributed by atoms with Gasteiger partial charge < -0.3 is 9.52 Å². The molecule has 0 radical (unpaired) electrons.